The van der Waals surface area contributed by atoms with Crippen LogP contribution in [0.3, 0.4) is 0 Å². The minimum Gasteiger partial charge on any atom is -0.480 e. The van der Waals surface area contributed by atoms with Crippen molar-refractivity contribution < 1.29 is 18.3 Å². The molecule has 1 rings (SSSR count). The monoisotopic (exact) mass is 292 g/mol. The van der Waals surface area contributed by atoms with Crippen LogP contribution >= 0.6 is 0 Å². The molecule has 0 aromatic carbocycles. The lowest BCUT2D eigenvalue weighted by atomic mass is 9.84. The topological polar surface area (TPSA) is 86.7 Å². The van der Waals surface area contributed by atoms with E-state index in [4.69, 9.17) is 0 Å². The summed E-state index contributed by atoms with van der Waals surface area (Å²) in [5, 5.41) is 9.27. The van der Waals surface area contributed by atoms with Gasteiger partial charge in [0.25, 0.3) is 10.2 Å². The van der Waals surface area contributed by atoms with Gasteiger partial charge in [0.2, 0.25) is 0 Å². The number of carboxylic acid groups (broad SMARTS) is 1. The van der Waals surface area contributed by atoms with Crippen LogP contribution in [0.5, 0.6) is 0 Å². The summed E-state index contributed by atoms with van der Waals surface area (Å²) in [7, 11) is -3.71. The number of hydrogen-bond donors (Lipinski definition) is 2. The number of nitrogens with one attached hydrogen (secondary N) is 1. The smallest absolute Gasteiger partial charge is 0.322 e. The first-order valence-electron chi connectivity index (χ1n) is 6.92. The van der Waals surface area contributed by atoms with Crippen LogP contribution in [0, 0.1) is 5.92 Å². The molecule has 0 aromatic rings. The summed E-state index contributed by atoms with van der Waals surface area (Å²) in [4.78, 5) is 11.3. The first kappa shape index (κ1) is 16.4. The van der Waals surface area contributed by atoms with E-state index in [2.05, 4.69) is 4.72 Å². The molecule has 0 aromatic heterocycles. The molecule has 6 nitrogen and oxygen atoms in total. The van der Waals surface area contributed by atoms with Crippen molar-refractivity contribution in [2.45, 2.75) is 52.0 Å². The van der Waals surface area contributed by atoms with E-state index >= 15 is 0 Å². The minimum absolute atomic E-state index is 0.100. The fraction of sp³-hybridized carbons (Fsp3) is 0.917. The Morgan fingerprint density at radius 1 is 1.26 bits per heavy atom. The number of rotatable bonds is 7. The van der Waals surface area contributed by atoms with Crippen LogP contribution in [0.15, 0.2) is 0 Å². The van der Waals surface area contributed by atoms with Gasteiger partial charge in [-0.25, -0.2) is 0 Å². The number of carbonyl (C=O) groups is 1. The highest BCUT2D eigenvalue weighted by atomic mass is 32.2. The molecule has 2 N–H and O–H groups in total. The maximum Gasteiger partial charge on any atom is 0.322 e. The molecular weight excluding hydrogens is 268 g/mol. The molecular formula is C12H24N2O4S. The molecule has 0 saturated heterocycles. The van der Waals surface area contributed by atoms with E-state index in [1.54, 1.807) is 13.8 Å². The van der Waals surface area contributed by atoms with Crippen LogP contribution in [0.4, 0.5) is 0 Å². The van der Waals surface area contributed by atoms with Gasteiger partial charge in [-0.3, -0.25) is 4.79 Å². The van der Waals surface area contributed by atoms with Gasteiger partial charge in [-0.2, -0.15) is 17.4 Å². The van der Waals surface area contributed by atoms with Gasteiger partial charge in [0.05, 0.1) is 0 Å². The van der Waals surface area contributed by atoms with Crippen LogP contribution < -0.4 is 4.72 Å². The van der Waals surface area contributed by atoms with Gasteiger partial charge in [-0.05, 0) is 18.8 Å². The zero-order chi connectivity index (χ0) is 14.5. The first-order chi connectivity index (χ1) is 8.92. The molecule has 1 aliphatic rings. The zero-order valence-corrected chi connectivity index (χ0v) is 12.4. The number of nitrogens with zero attached hydrogens (tertiary/aromatic N) is 1. The third-order valence-electron chi connectivity index (χ3n) is 3.71. The standard InChI is InChI=1S/C12H24N2O4S/c1-3-14(4-2)19(17,18)13-11(12(15)16)10-8-6-5-7-9-10/h10-11,13H,3-9H2,1-2H3,(H,15,16). The molecule has 1 fully saturated rings. The Labute approximate surface area is 115 Å². The number of carboxylic acids is 1. The maximum atomic E-state index is 12.1. The molecule has 0 bridgehead atoms. The molecule has 1 aliphatic carbocycles. The van der Waals surface area contributed by atoms with Crippen LogP contribution in [-0.4, -0.2) is 42.9 Å². The van der Waals surface area contributed by atoms with E-state index in [1.165, 1.54) is 4.31 Å². The molecule has 0 aliphatic heterocycles. The van der Waals surface area contributed by atoms with Gasteiger partial charge in [0.15, 0.2) is 0 Å². The third-order valence-corrected chi connectivity index (χ3v) is 5.46. The minimum atomic E-state index is -3.71. The van der Waals surface area contributed by atoms with E-state index in [1.807, 2.05) is 0 Å². The largest absolute Gasteiger partial charge is 0.480 e. The summed E-state index contributed by atoms with van der Waals surface area (Å²) in [5.41, 5.74) is 0. The molecule has 112 valence electrons. The second kappa shape index (κ2) is 7.21. The van der Waals surface area contributed by atoms with Crippen molar-refractivity contribution in [1.82, 2.24) is 9.03 Å². The van der Waals surface area contributed by atoms with E-state index in [0.29, 0.717) is 13.1 Å². The zero-order valence-electron chi connectivity index (χ0n) is 11.6. The Bertz CT molecular complexity index is 387. The predicted octanol–water partition coefficient (Wildman–Crippen LogP) is 1.20. The van der Waals surface area contributed by atoms with Crippen molar-refractivity contribution in [3.8, 4) is 0 Å². The lowest BCUT2D eigenvalue weighted by molar-refractivity contribution is -0.140. The molecule has 0 spiro atoms. The van der Waals surface area contributed by atoms with Crippen LogP contribution in [0.2, 0.25) is 0 Å². The van der Waals surface area contributed by atoms with Gasteiger partial charge >= 0.3 is 5.97 Å². The average molecular weight is 292 g/mol. The van der Waals surface area contributed by atoms with Gasteiger partial charge in [0, 0.05) is 13.1 Å². The van der Waals surface area contributed by atoms with E-state index in [-0.39, 0.29) is 5.92 Å². The highest BCUT2D eigenvalue weighted by Crippen LogP contribution is 2.27. The summed E-state index contributed by atoms with van der Waals surface area (Å²) in [6.07, 6.45) is 4.60. The van der Waals surface area contributed by atoms with Gasteiger partial charge in [-0.1, -0.05) is 33.1 Å². The molecule has 1 atom stereocenters. The summed E-state index contributed by atoms with van der Waals surface area (Å²) in [6.45, 7) is 4.14. The Balaban J connectivity index is 2.80. The van der Waals surface area contributed by atoms with Crippen molar-refractivity contribution in [3.05, 3.63) is 0 Å². The molecule has 0 radical (unpaired) electrons. The van der Waals surface area contributed by atoms with Crippen LogP contribution in [0.25, 0.3) is 0 Å². The van der Waals surface area contributed by atoms with Crippen molar-refractivity contribution in [2.75, 3.05) is 13.1 Å². The number of hydrogen-bond acceptors (Lipinski definition) is 3. The fourth-order valence-corrected chi connectivity index (χ4v) is 4.06. The SMILES string of the molecule is CCN(CC)S(=O)(=O)NC(C(=O)O)C1CCCCC1. The Hall–Kier alpha value is -0.660. The van der Waals surface area contributed by atoms with E-state index in [9.17, 15) is 18.3 Å². The Morgan fingerprint density at radius 3 is 2.21 bits per heavy atom. The predicted molar refractivity (Wildman–Crippen MR) is 73.0 cm³/mol. The lowest BCUT2D eigenvalue weighted by Crippen LogP contribution is -2.51. The lowest BCUT2D eigenvalue weighted by Gasteiger charge is -2.29. The quantitative estimate of drug-likeness (QED) is 0.738. The Morgan fingerprint density at radius 2 is 1.79 bits per heavy atom. The fourth-order valence-electron chi connectivity index (χ4n) is 2.61. The summed E-state index contributed by atoms with van der Waals surface area (Å²) in [6, 6.07) is -1.01. The molecule has 7 heteroatoms. The summed E-state index contributed by atoms with van der Waals surface area (Å²) >= 11 is 0. The molecule has 1 unspecified atom stereocenters. The van der Waals surface area contributed by atoms with Crippen LogP contribution in [-0.2, 0) is 15.0 Å². The number of aliphatic carboxylic acids is 1. The van der Waals surface area contributed by atoms with Crippen molar-refractivity contribution in [3.63, 3.8) is 0 Å². The van der Waals surface area contributed by atoms with Crippen molar-refractivity contribution in [2.24, 2.45) is 5.92 Å². The second-order valence-corrected chi connectivity index (χ2v) is 6.62. The van der Waals surface area contributed by atoms with Crippen LogP contribution in [0.1, 0.15) is 46.0 Å². The second-order valence-electron chi connectivity index (χ2n) is 4.92. The van der Waals surface area contributed by atoms with Gasteiger partial charge in [-0.15, -0.1) is 0 Å². The molecule has 19 heavy (non-hydrogen) atoms. The first-order valence-corrected chi connectivity index (χ1v) is 8.36. The Kier molecular flexibility index (Phi) is 6.22. The summed E-state index contributed by atoms with van der Waals surface area (Å²) < 4.78 is 27.8. The molecule has 1 saturated carbocycles. The molecule has 0 heterocycles. The normalized spacial score (nSPS) is 19.5. The highest BCUT2D eigenvalue weighted by molar-refractivity contribution is 7.87. The van der Waals surface area contributed by atoms with E-state index in [0.717, 1.165) is 32.1 Å². The van der Waals surface area contributed by atoms with Crippen molar-refractivity contribution >= 4 is 16.2 Å². The van der Waals surface area contributed by atoms with Crippen molar-refractivity contribution in [1.29, 1.82) is 0 Å². The highest BCUT2D eigenvalue weighted by Gasteiger charge is 2.34. The third kappa shape index (κ3) is 4.43. The molecule has 0 amide bonds. The average Bonchev–Trinajstić information content (AvgIpc) is 2.38. The summed E-state index contributed by atoms with van der Waals surface area (Å²) in [5.74, 6) is -1.18. The van der Waals surface area contributed by atoms with Gasteiger partial charge < -0.3 is 5.11 Å². The van der Waals surface area contributed by atoms with E-state index < -0.39 is 22.2 Å². The van der Waals surface area contributed by atoms with Gasteiger partial charge in [0.1, 0.15) is 6.04 Å². The maximum absolute atomic E-state index is 12.1.